The standard InChI is InChI=1S/C33H40O3Si/c1-21-11-14-27(34-8)30(17-21)37(31-18-22(2)12-15-28(31)35-9,32-19-23(3)13-16-29(32)36-10)33(7)20-24(4)25(5)26(33)6/h11-20H,1-10H3. The summed E-state index contributed by atoms with van der Waals surface area (Å²) in [5.41, 5.74) is 7.66. The van der Waals surface area contributed by atoms with Crippen LogP contribution in [0.3, 0.4) is 0 Å². The molecule has 0 saturated carbocycles. The zero-order chi connectivity index (χ0) is 27.1. The van der Waals surface area contributed by atoms with Gasteiger partial charge in [0.1, 0.15) is 17.2 Å². The number of aryl methyl sites for hydroxylation is 3. The van der Waals surface area contributed by atoms with Gasteiger partial charge in [-0.25, -0.2) is 0 Å². The molecule has 0 aromatic heterocycles. The van der Waals surface area contributed by atoms with Gasteiger partial charge < -0.3 is 14.2 Å². The van der Waals surface area contributed by atoms with E-state index in [2.05, 4.69) is 109 Å². The Morgan fingerprint density at radius 1 is 0.568 bits per heavy atom. The molecule has 0 saturated heterocycles. The SMILES string of the molecule is COc1ccc(C)cc1[Si](c1cc(C)ccc1OC)(c1cc(C)ccc1OC)C1(C)C=C(C)C(C)=C1C. The molecule has 1 unspecified atom stereocenters. The van der Waals surface area contributed by atoms with Crippen molar-refractivity contribution in [1.82, 2.24) is 0 Å². The molecular formula is C33H40O3Si. The molecule has 0 heterocycles. The molecule has 0 aliphatic heterocycles. The highest BCUT2D eigenvalue weighted by Gasteiger charge is 2.59. The van der Waals surface area contributed by atoms with Gasteiger partial charge in [0.15, 0.2) is 8.07 Å². The van der Waals surface area contributed by atoms with Gasteiger partial charge >= 0.3 is 0 Å². The molecule has 0 N–H and O–H groups in total. The van der Waals surface area contributed by atoms with Crippen molar-refractivity contribution in [2.75, 3.05) is 21.3 Å². The Hall–Kier alpha value is -3.24. The van der Waals surface area contributed by atoms with Crippen molar-refractivity contribution >= 4 is 23.6 Å². The van der Waals surface area contributed by atoms with Gasteiger partial charge in [0.05, 0.1) is 21.3 Å². The lowest BCUT2D eigenvalue weighted by Crippen LogP contribution is -2.73. The van der Waals surface area contributed by atoms with Crippen molar-refractivity contribution in [3.05, 3.63) is 94.1 Å². The van der Waals surface area contributed by atoms with Crippen molar-refractivity contribution in [1.29, 1.82) is 0 Å². The quantitative estimate of drug-likeness (QED) is 0.280. The molecule has 1 aliphatic carbocycles. The average molecular weight is 513 g/mol. The van der Waals surface area contributed by atoms with E-state index in [9.17, 15) is 0 Å². The Bertz CT molecular complexity index is 1290. The molecule has 1 aliphatic rings. The van der Waals surface area contributed by atoms with Gasteiger partial charge in [-0.2, -0.15) is 0 Å². The van der Waals surface area contributed by atoms with E-state index in [1.807, 2.05) is 0 Å². The third-order valence-electron chi connectivity index (χ3n) is 8.49. The van der Waals surface area contributed by atoms with Crippen LogP contribution in [0.25, 0.3) is 0 Å². The van der Waals surface area contributed by atoms with E-state index in [-0.39, 0.29) is 5.04 Å². The first-order valence-electron chi connectivity index (χ1n) is 12.9. The lowest BCUT2D eigenvalue weighted by molar-refractivity contribution is 0.415. The molecule has 0 spiro atoms. The lowest BCUT2D eigenvalue weighted by atomic mass is 10.0. The number of hydrogen-bond acceptors (Lipinski definition) is 3. The molecule has 4 heteroatoms. The van der Waals surface area contributed by atoms with Crippen LogP contribution in [-0.2, 0) is 0 Å². The largest absolute Gasteiger partial charge is 0.497 e. The summed E-state index contributed by atoms with van der Waals surface area (Å²) in [7, 11) is 2.27. The van der Waals surface area contributed by atoms with Gasteiger partial charge in [-0.15, -0.1) is 0 Å². The van der Waals surface area contributed by atoms with Crippen LogP contribution < -0.4 is 29.8 Å². The van der Waals surface area contributed by atoms with Gasteiger partial charge in [-0.3, -0.25) is 0 Å². The predicted molar refractivity (Wildman–Crippen MR) is 158 cm³/mol. The van der Waals surface area contributed by atoms with E-state index in [4.69, 9.17) is 14.2 Å². The second-order valence-electron chi connectivity index (χ2n) is 10.6. The molecule has 0 bridgehead atoms. The molecule has 1 atom stereocenters. The molecule has 3 aromatic carbocycles. The van der Waals surface area contributed by atoms with Crippen molar-refractivity contribution in [3.63, 3.8) is 0 Å². The Labute approximate surface area is 223 Å². The Morgan fingerprint density at radius 2 is 0.919 bits per heavy atom. The summed E-state index contributed by atoms with van der Waals surface area (Å²) in [5, 5.41) is 3.36. The summed E-state index contributed by atoms with van der Waals surface area (Å²) in [4.78, 5) is 0. The molecule has 194 valence electrons. The highest BCUT2D eigenvalue weighted by atomic mass is 28.3. The summed E-state index contributed by atoms with van der Waals surface area (Å²) >= 11 is 0. The zero-order valence-corrected chi connectivity index (χ0v) is 25.0. The average Bonchev–Trinajstić information content (AvgIpc) is 3.08. The minimum absolute atomic E-state index is 0.315. The number of benzene rings is 3. The van der Waals surface area contributed by atoms with E-state index in [1.54, 1.807) is 21.3 Å². The maximum Gasteiger partial charge on any atom is 0.175 e. The first kappa shape index (κ1) is 26.8. The van der Waals surface area contributed by atoms with Gasteiger partial charge in [-0.1, -0.05) is 77.2 Å². The Balaban J connectivity index is 2.40. The number of ether oxygens (including phenoxy) is 3. The van der Waals surface area contributed by atoms with Crippen molar-refractivity contribution in [3.8, 4) is 17.2 Å². The molecule has 37 heavy (non-hydrogen) atoms. The van der Waals surface area contributed by atoms with Crippen LogP contribution >= 0.6 is 0 Å². The molecule has 4 rings (SSSR count). The van der Waals surface area contributed by atoms with Gasteiger partial charge in [-0.05, 0) is 80.9 Å². The van der Waals surface area contributed by atoms with Crippen LogP contribution in [0.5, 0.6) is 17.2 Å². The third-order valence-corrected chi connectivity index (χ3v) is 14.2. The monoisotopic (exact) mass is 512 g/mol. The zero-order valence-electron chi connectivity index (χ0n) is 24.0. The number of methoxy groups -OCH3 is 3. The number of hydrogen-bond donors (Lipinski definition) is 0. The lowest BCUT2D eigenvalue weighted by Gasteiger charge is -2.48. The van der Waals surface area contributed by atoms with Gasteiger partial charge in [0.2, 0.25) is 0 Å². The highest BCUT2D eigenvalue weighted by Crippen LogP contribution is 2.54. The van der Waals surface area contributed by atoms with Crippen LogP contribution in [0.2, 0.25) is 5.04 Å². The fourth-order valence-electron chi connectivity index (χ4n) is 6.34. The molecule has 0 amide bonds. The maximum atomic E-state index is 6.17. The van der Waals surface area contributed by atoms with Crippen LogP contribution in [0.1, 0.15) is 44.4 Å². The smallest absolute Gasteiger partial charge is 0.175 e. The Kier molecular flexibility index (Phi) is 7.18. The highest BCUT2D eigenvalue weighted by molar-refractivity contribution is 7.15. The first-order valence-corrected chi connectivity index (χ1v) is 14.9. The summed E-state index contributed by atoms with van der Waals surface area (Å²) in [6.45, 7) is 15.7. The van der Waals surface area contributed by atoms with E-state index < -0.39 is 8.07 Å². The summed E-state index contributed by atoms with van der Waals surface area (Å²) in [5.74, 6) is 2.69. The van der Waals surface area contributed by atoms with E-state index in [1.165, 1.54) is 49.0 Å². The minimum atomic E-state index is -3.06. The number of rotatable bonds is 7. The molecule has 3 aromatic rings. The van der Waals surface area contributed by atoms with Gasteiger partial charge in [0, 0.05) is 5.04 Å². The summed E-state index contributed by atoms with van der Waals surface area (Å²) in [6.07, 6.45) is 2.50. The van der Waals surface area contributed by atoms with Crippen molar-refractivity contribution in [2.45, 2.75) is 53.5 Å². The molecule has 0 fully saturated rings. The van der Waals surface area contributed by atoms with E-state index >= 15 is 0 Å². The van der Waals surface area contributed by atoms with Crippen LogP contribution in [0.15, 0.2) is 77.4 Å². The van der Waals surface area contributed by atoms with Crippen molar-refractivity contribution < 1.29 is 14.2 Å². The fraction of sp³-hybridized carbons (Fsp3) is 0.333. The second kappa shape index (κ2) is 9.90. The topological polar surface area (TPSA) is 27.7 Å². The van der Waals surface area contributed by atoms with Crippen LogP contribution in [-0.4, -0.2) is 29.4 Å². The van der Waals surface area contributed by atoms with Crippen molar-refractivity contribution in [2.24, 2.45) is 0 Å². The Morgan fingerprint density at radius 3 is 1.19 bits per heavy atom. The molecular weight excluding hydrogens is 472 g/mol. The van der Waals surface area contributed by atoms with E-state index in [0.717, 1.165) is 17.2 Å². The third kappa shape index (κ3) is 4.02. The minimum Gasteiger partial charge on any atom is -0.497 e. The summed E-state index contributed by atoms with van der Waals surface area (Å²) in [6, 6.07) is 19.8. The van der Waals surface area contributed by atoms with Crippen LogP contribution in [0, 0.1) is 20.8 Å². The maximum absolute atomic E-state index is 6.17. The fourth-order valence-corrected chi connectivity index (χ4v) is 13.1. The first-order chi connectivity index (χ1) is 17.5. The van der Waals surface area contributed by atoms with Gasteiger partial charge in [0.25, 0.3) is 0 Å². The number of allylic oxidation sites excluding steroid dienone is 4. The van der Waals surface area contributed by atoms with Crippen LogP contribution in [0.4, 0.5) is 0 Å². The second-order valence-corrected chi connectivity index (χ2v) is 14.8. The normalized spacial score (nSPS) is 17.6. The predicted octanol–water partition coefficient (Wildman–Crippen LogP) is 6.16. The molecule has 0 radical (unpaired) electrons. The molecule has 3 nitrogen and oxygen atoms in total. The summed E-state index contributed by atoms with van der Waals surface area (Å²) < 4.78 is 18.5. The van der Waals surface area contributed by atoms with E-state index in [0.29, 0.717) is 0 Å².